The van der Waals surface area contributed by atoms with Crippen molar-refractivity contribution >= 4 is 25.3 Å². The van der Waals surface area contributed by atoms with Crippen LogP contribution in [0.1, 0.15) is 0 Å². The maximum Gasteiger partial charge on any atom is 0.414 e. The number of anilines is 1. The zero-order valence-electron chi connectivity index (χ0n) is 8.09. The van der Waals surface area contributed by atoms with Crippen LogP contribution in [0.2, 0.25) is 0 Å². The van der Waals surface area contributed by atoms with Crippen LogP contribution in [-0.2, 0) is 4.74 Å². The lowest BCUT2D eigenvalue weighted by molar-refractivity contribution is 0.0963. The van der Waals surface area contributed by atoms with E-state index in [0.717, 1.165) is 5.69 Å². The summed E-state index contributed by atoms with van der Waals surface area (Å²) in [6, 6.07) is 9.26. The number of carbonyl (C=O) groups is 1. The van der Waals surface area contributed by atoms with Crippen LogP contribution in [0.4, 0.5) is 10.5 Å². The topological polar surface area (TPSA) is 49.8 Å². The molecule has 82 valence electrons. The molecule has 0 radical (unpaired) electrons. The molecule has 1 heterocycles. The summed E-state index contributed by atoms with van der Waals surface area (Å²) in [6.07, 6.45) is -0.794. The maximum absolute atomic E-state index is 11.3. The van der Waals surface area contributed by atoms with Crippen molar-refractivity contribution in [3.63, 3.8) is 0 Å². The van der Waals surface area contributed by atoms with Gasteiger partial charge in [0.15, 0.2) is 0 Å². The number of aliphatic hydroxyl groups excluding tert-OH is 1. The molecule has 1 aromatic carbocycles. The second kappa shape index (κ2) is 5.04. The summed E-state index contributed by atoms with van der Waals surface area (Å²) in [4.78, 5) is 12.9. The van der Waals surface area contributed by atoms with Crippen LogP contribution in [0.3, 0.4) is 0 Å². The smallest absolute Gasteiger partial charge is 0.414 e. The predicted octanol–water partition coefficient (Wildman–Crippen LogP) is 1.12. The van der Waals surface area contributed by atoms with Crippen LogP contribution in [0.25, 0.3) is 0 Å². The van der Waals surface area contributed by atoms with E-state index in [9.17, 15) is 4.79 Å². The summed E-state index contributed by atoms with van der Waals surface area (Å²) in [5, 5.41) is 8.84. The fourth-order valence-electron chi connectivity index (χ4n) is 1.44. The van der Waals surface area contributed by atoms with E-state index in [4.69, 9.17) is 9.84 Å². The molecule has 0 spiro atoms. The Bertz CT molecular complexity index is 331. The first kappa shape index (κ1) is 11.9. The number of hydrogen-bond donors (Lipinski definition) is 1. The second-order valence-corrected chi connectivity index (χ2v) is 3.13. The Hall–Kier alpha value is -1.20. The molecule has 2 rings (SSSR count). The highest BCUT2D eigenvalue weighted by Crippen LogP contribution is 2.20. The quantitative estimate of drug-likeness (QED) is 0.823. The van der Waals surface area contributed by atoms with E-state index in [2.05, 4.69) is 0 Å². The molecule has 1 N–H and O–H groups in total. The van der Waals surface area contributed by atoms with Gasteiger partial charge in [-0.2, -0.15) is 13.5 Å². The minimum absolute atomic E-state index is 0. The average Bonchev–Trinajstić information content (AvgIpc) is 2.61. The van der Waals surface area contributed by atoms with Gasteiger partial charge in [-0.05, 0) is 12.1 Å². The first-order chi connectivity index (χ1) is 6.81. The fourth-order valence-corrected chi connectivity index (χ4v) is 1.44. The van der Waals surface area contributed by atoms with Gasteiger partial charge < -0.3 is 9.84 Å². The lowest BCUT2D eigenvalue weighted by Crippen LogP contribution is -2.25. The first-order valence-corrected chi connectivity index (χ1v) is 4.45. The molecule has 0 unspecified atom stereocenters. The SMILES string of the molecule is O=C1O[C@H](CO)CN1c1ccccc1.S. The van der Waals surface area contributed by atoms with E-state index >= 15 is 0 Å². The van der Waals surface area contributed by atoms with Crippen LogP contribution in [0, 0.1) is 0 Å². The number of ether oxygens (including phenoxy) is 1. The van der Waals surface area contributed by atoms with Gasteiger partial charge in [0, 0.05) is 5.69 Å². The van der Waals surface area contributed by atoms with Gasteiger partial charge in [0.25, 0.3) is 0 Å². The van der Waals surface area contributed by atoms with E-state index in [1.54, 1.807) is 0 Å². The van der Waals surface area contributed by atoms with Gasteiger partial charge in [0.1, 0.15) is 6.10 Å². The van der Waals surface area contributed by atoms with Gasteiger partial charge in [0.05, 0.1) is 13.2 Å². The van der Waals surface area contributed by atoms with Crippen LogP contribution >= 0.6 is 13.5 Å². The summed E-state index contributed by atoms with van der Waals surface area (Å²) >= 11 is 0. The Balaban J connectivity index is 0.00000112. The Morgan fingerprint density at radius 1 is 1.40 bits per heavy atom. The molecule has 0 aromatic heterocycles. The van der Waals surface area contributed by atoms with Crippen LogP contribution < -0.4 is 4.90 Å². The van der Waals surface area contributed by atoms with E-state index in [1.165, 1.54) is 4.90 Å². The molecule has 15 heavy (non-hydrogen) atoms. The van der Waals surface area contributed by atoms with Crippen molar-refractivity contribution in [2.75, 3.05) is 18.1 Å². The zero-order chi connectivity index (χ0) is 9.97. The van der Waals surface area contributed by atoms with Crippen molar-refractivity contribution in [2.45, 2.75) is 6.10 Å². The first-order valence-electron chi connectivity index (χ1n) is 4.45. The average molecular weight is 227 g/mol. The molecule has 0 bridgehead atoms. The predicted molar refractivity (Wildman–Crippen MR) is 61.5 cm³/mol. The molecule has 1 fully saturated rings. The molecule has 1 saturated heterocycles. The molecule has 4 nitrogen and oxygen atoms in total. The number of benzene rings is 1. The van der Waals surface area contributed by atoms with Crippen molar-refractivity contribution < 1.29 is 14.6 Å². The van der Waals surface area contributed by atoms with E-state index in [1.807, 2.05) is 30.3 Å². The van der Waals surface area contributed by atoms with Crippen molar-refractivity contribution in [2.24, 2.45) is 0 Å². The van der Waals surface area contributed by atoms with E-state index in [-0.39, 0.29) is 20.1 Å². The zero-order valence-corrected chi connectivity index (χ0v) is 9.09. The van der Waals surface area contributed by atoms with Gasteiger partial charge >= 0.3 is 6.09 Å². The second-order valence-electron chi connectivity index (χ2n) is 3.13. The Labute approximate surface area is 94.9 Å². The Morgan fingerprint density at radius 2 is 2.07 bits per heavy atom. The van der Waals surface area contributed by atoms with Crippen LogP contribution in [0.15, 0.2) is 30.3 Å². The number of rotatable bonds is 2. The molecule has 0 saturated carbocycles. The number of amides is 1. The highest BCUT2D eigenvalue weighted by Gasteiger charge is 2.31. The third-order valence-electron chi connectivity index (χ3n) is 2.15. The number of carbonyl (C=O) groups excluding carboxylic acids is 1. The third-order valence-corrected chi connectivity index (χ3v) is 2.15. The lowest BCUT2D eigenvalue weighted by atomic mass is 10.3. The normalized spacial score (nSPS) is 19.7. The van der Waals surface area contributed by atoms with Gasteiger partial charge in [-0.1, -0.05) is 18.2 Å². The lowest BCUT2D eigenvalue weighted by Gasteiger charge is -2.11. The highest BCUT2D eigenvalue weighted by molar-refractivity contribution is 7.59. The van der Waals surface area contributed by atoms with E-state index < -0.39 is 12.2 Å². The summed E-state index contributed by atoms with van der Waals surface area (Å²) in [5.41, 5.74) is 0.799. The van der Waals surface area contributed by atoms with Crippen molar-refractivity contribution in [3.8, 4) is 0 Å². The molecule has 1 amide bonds. The molecule has 1 aliphatic heterocycles. The van der Waals surface area contributed by atoms with Crippen molar-refractivity contribution in [1.29, 1.82) is 0 Å². The van der Waals surface area contributed by atoms with Crippen LogP contribution in [-0.4, -0.2) is 30.5 Å². The van der Waals surface area contributed by atoms with Crippen molar-refractivity contribution in [1.82, 2.24) is 0 Å². The van der Waals surface area contributed by atoms with Gasteiger partial charge in [-0.15, -0.1) is 0 Å². The highest BCUT2D eigenvalue weighted by atomic mass is 32.1. The molecule has 0 aliphatic carbocycles. The summed E-state index contributed by atoms with van der Waals surface area (Å²) in [5.74, 6) is 0. The third kappa shape index (κ3) is 2.43. The number of hydrogen-bond acceptors (Lipinski definition) is 3. The Morgan fingerprint density at radius 3 is 2.60 bits per heavy atom. The standard InChI is InChI=1S/C10H11NO3.H2S/c12-7-9-6-11(10(13)14-9)8-4-2-1-3-5-8;/h1-5,9,12H,6-7H2;1H2/t9-;/m0./s1. The molecule has 1 atom stereocenters. The molecule has 1 aromatic rings. The summed E-state index contributed by atoms with van der Waals surface area (Å²) in [6.45, 7) is 0.286. The molecule has 5 heteroatoms. The Kier molecular flexibility index (Phi) is 3.99. The van der Waals surface area contributed by atoms with Gasteiger partial charge in [-0.3, -0.25) is 4.90 Å². The van der Waals surface area contributed by atoms with Gasteiger partial charge in [-0.25, -0.2) is 4.79 Å². The fraction of sp³-hybridized carbons (Fsp3) is 0.300. The molecular formula is C10H13NO3S. The monoisotopic (exact) mass is 227 g/mol. The number of para-hydroxylation sites is 1. The molecular weight excluding hydrogens is 214 g/mol. The number of aliphatic hydroxyl groups is 1. The van der Waals surface area contributed by atoms with Crippen LogP contribution in [0.5, 0.6) is 0 Å². The van der Waals surface area contributed by atoms with E-state index in [0.29, 0.717) is 6.54 Å². The van der Waals surface area contributed by atoms with Gasteiger partial charge in [0.2, 0.25) is 0 Å². The van der Waals surface area contributed by atoms with Crippen molar-refractivity contribution in [3.05, 3.63) is 30.3 Å². The molecule has 1 aliphatic rings. The minimum atomic E-state index is -0.400. The maximum atomic E-state index is 11.3. The largest absolute Gasteiger partial charge is 0.441 e. The summed E-state index contributed by atoms with van der Waals surface area (Å²) in [7, 11) is 0. The number of nitrogens with zero attached hydrogens (tertiary/aromatic N) is 1. The summed E-state index contributed by atoms with van der Waals surface area (Å²) < 4.78 is 4.91. The minimum Gasteiger partial charge on any atom is -0.441 e. The number of cyclic esters (lactones) is 1.